The molecular formula is C21H22FN5O3. The quantitative estimate of drug-likeness (QED) is 0.472. The van der Waals surface area contributed by atoms with Gasteiger partial charge in [0.2, 0.25) is 0 Å². The number of imidazole rings is 1. The van der Waals surface area contributed by atoms with Crippen LogP contribution in [0.2, 0.25) is 0 Å². The number of esters is 1. The summed E-state index contributed by atoms with van der Waals surface area (Å²) >= 11 is 0. The Balaban J connectivity index is 1.90. The standard InChI is InChI=1S/C21H22FN5O3/c1-11(23)15-5-4-12-8-17(25-19(12)24-15)20-26-16-9-13(21(28)30-3)14(22)10-18(16)27(20)6-7-29-2/h4-5,8-11H,6-7,23H2,1-3H3,(H,24,25)/t11-/m1/s1. The maximum atomic E-state index is 14.6. The molecule has 9 heteroatoms. The highest BCUT2D eigenvalue weighted by Gasteiger charge is 2.20. The summed E-state index contributed by atoms with van der Waals surface area (Å²) in [7, 11) is 2.81. The molecule has 8 nitrogen and oxygen atoms in total. The van der Waals surface area contributed by atoms with Crippen molar-refractivity contribution in [1.29, 1.82) is 0 Å². The van der Waals surface area contributed by atoms with Crippen LogP contribution in [0.25, 0.3) is 33.6 Å². The first kappa shape index (κ1) is 20.0. The van der Waals surface area contributed by atoms with Crippen LogP contribution in [0, 0.1) is 5.82 Å². The van der Waals surface area contributed by atoms with Crippen LogP contribution in [0.3, 0.4) is 0 Å². The van der Waals surface area contributed by atoms with Gasteiger partial charge in [0.15, 0.2) is 5.82 Å². The second-order valence-electron chi connectivity index (χ2n) is 7.04. The van der Waals surface area contributed by atoms with E-state index in [2.05, 4.69) is 19.7 Å². The number of nitrogens with zero attached hydrogens (tertiary/aromatic N) is 3. The summed E-state index contributed by atoms with van der Waals surface area (Å²) in [5.74, 6) is -0.830. The van der Waals surface area contributed by atoms with Crippen LogP contribution < -0.4 is 5.73 Å². The number of hydrogen-bond donors (Lipinski definition) is 2. The summed E-state index contributed by atoms with van der Waals surface area (Å²) < 4.78 is 26.3. The number of methoxy groups -OCH3 is 2. The smallest absolute Gasteiger partial charge is 0.340 e. The number of hydrogen-bond acceptors (Lipinski definition) is 6. The molecule has 3 aromatic heterocycles. The van der Waals surface area contributed by atoms with Crippen molar-refractivity contribution >= 4 is 28.0 Å². The van der Waals surface area contributed by atoms with Gasteiger partial charge in [0, 0.05) is 31.1 Å². The minimum atomic E-state index is -0.749. The topological polar surface area (TPSA) is 108 Å². The van der Waals surface area contributed by atoms with Gasteiger partial charge in [-0.25, -0.2) is 19.2 Å². The maximum absolute atomic E-state index is 14.6. The van der Waals surface area contributed by atoms with E-state index in [4.69, 9.17) is 10.5 Å². The number of fused-ring (bicyclic) bond motifs is 2. The molecule has 30 heavy (non-hydrogen) atoms. The molecular weight excluding hydrogens is 389 g/mol. The fraction of sp³-hybridized carbons (Fsp3) is 0.286. The number of H-pyrrole nitrogens is 1. The van der Waals surface area contributed by atoms with Gasteiger partial charge in [0.25, 0.3) is 0 Å². The molecule has 0 amide bonds. The van der Waals surface area contributed by atoms with Crippen molar-refractivity contribution in [3.05, 3.63) is 47.4 Å². The average molecular weight is 411 g/mol. The van der Waals surface area contributed by atoms with Crippen molar-refractivity contribution < 1.29 is 18.7 Å². The van der Waals surface area contributed by atoms with Crippen LogP contribution in [0.1, 0.15) is 29.0 Å². The number of benzene rings is 1. The van der Waals surface area contributed by atoms with Crippen LogP contribution in [0.5, 0.6) is 0 Å². The molecule has 0 bridgehead atoms. The minimum Gasteiger partial charge on any atom is -0.465 e. The average Bonchev–Trinajstić information content (AvgIpc) is 3.31. The number of carbonyl (C=O) groups excluding carboxylic acids is 1. The van der Waals surface area contributed by atoms with E-state index in [-0.39, 0.29) is 11.6 Å². The number of rotatable bonds is 6. The van der Waals surface area contributed by atoms with E-state index in [9.17, 15) is 9.18 Å². The third kappa shape index (κ3) is 3.42. The van der Waals surface area contributed by atoms with Gasteiger partial charge >= 0.3 is 5.97 Å². The Hall–Kier alpha value is -3.30. The lowest BCUT2D eigenvalue weighted by molar-refractivity contribution is 0.0595. The summed E-state index contributed by atoms with van der Waals surface area (Å²) in [6.07, 6.45) is 0. The molecule has 0 saturated heterocycles. The summed E-state index contributed by atoms with van der Waals surface area (Å²) in [6, 6.07) is 8.26. The van der Waals surface area contributed by atoms with Gasteiger partial charge in [0.05, 0.1) is 41.7 Å². The Labute approximate surface area is 171 Å². The number of ether oxygens (including phenoxy) is 2. The Bertz CT molecular complexity index is 1240. The Morgan fingerprint density at radius 3 is 2.77 bits per heavy atom. The SMILES string of the molecule is COCCn1c(-c2cc3ccc([C@@H](C)N)nc3[nH]2)nc2cc(C(=O)OC)c(F)cc21. The number of nitrogens with one attached hydrogen (secondary N) is 1. The van der Waals surface area contributed by atoms with Gasteiger partial charge in [-0.3, -0.25) is 0 Å². The van der Waals surface area contributed by atoms with E-state index in [1.807, 2.05) is 29.7 Å². The highest BCUT2D eigenvalue weighted by molar-refractivity contribution is 5.95. The summed E-state index contributed by atoms with van der Waals surface area (Å²) in [6.45, 7) is 2.73. The van der Waals surface area contributed by atoms with Gasteiger partial charge in [-0.15, -0.1) is 0 Å². The molecule has 0 aliphatic rings. The van der Waals surface area contributed by atoms with Crippen LogP contribution in [0.4, 0.5) is 4.39 Å². The van der Waals surface area contributed by atoms with Gasteiger partial charge < -0.3 is 24.8 Å². The molecule has 0 aliphatic heterocycles. The van der Waals surface area contributed by atoms with E-state index in [0.717, 1.165) is 11.1 Å². The van der Waals surface area contributed by atoms with Crippen molar-refractivity contribution in [1.82, 2.24) is 19.5 Å². The van der Waals surface area contributed by atoms with Gasteiger partial charge in [-0.2, -0.15) is 0 Å². The molecule has 156 valence electrons. The van der Waals surface area contributed by atoms with E-state index in [1.54, 1.807) is 7.11 Å². The zero-order valence-corrected chi connectivity index (χ0v) is 16.9. The molecule has 4 aromatic rings. The highest BCUT2D eigenvalue weighted by atomic mass is 19.1. The number of pyridine rings is 1. The van der Waals surface area contributed by atoms with Crippen molar-refractivity contribution in [2.75, 3.05) is 20.8 Å². The minimum absolute atomic E-state index is 0.159. The van der Waals surface area contributed by atoms with Crippen LogP contribution >= 0.6 is 0 Å². The van der Waals surface area contributed by atoms with E-state index < -0.39 is 11.8 Å². The van der Waals surface area contributed by atoms with Crippen molar-refractivity contribution in [3.8, 4) is 11.5 Å². The molecule has 4 rings (SSSR count). The van der Waals surface area contributed by atoms with Crippen molar-refractivity contribution in [2.45, 2.75) is 19.5 Å². The third-order valence-corrected chi connectivity index (χ3v) is 4.97. The first-order valence-corrected chi connectivity index (χ1v) is 9.45. The van der Waals surface area contributed by atoms with Gasteiger partial charge in [-0.05, 0) is 31.2 Å². The number of carbonyl (C=O) groups is 1. The second kappa shape index (κ2) is 7.85. The van der Waals surface area contributed by atoms with Gasteiger partial charge in [-0.1, -0.05) is 0 Å². The lowest BCUT2D eigenvalue weighted by atomic mass is 10.2. The van der Waals surface area contributed by atoms with Gasteiger partial charge in [0.1, 0.15) is 11.5 Å². The molecule has 0 aliphatic carbocycles. The summed E-state index contributed by atoms with van der Waals surface area (Å²) in [5.41, 5.74) is 8.98. The molecule has 0 unspecified atom stereocenters. The first-order valence-electron chi connectivity index (χ1n) is 9.45. The first-order chi connectivity index (χ1) is 14.4. The molecule has 0 saturated carbocycles. The fourth-order valence-corrected chi connectivity index (χ4v) is 3.42. The summed E-state index contributed by atoms with van der Waals surface area (Å²) in [5, 5.41) is 0.904. The normalized spacial score (nSPS) is 12.6. The molecule has 3 heterocycles. The second-order valence-corrected chi connectivity index (χ2v) is 7.04. The number of aromatic nitrogens is 4. The van der Waals surface area contributed by atoms with Crippen molar-refractivity contribution in [2.24, 2.45) is 5.73 Å². The highest BCUT2D eigenvalue weighted by Crippen LogP contribution is 2.29. The van der Waals surface area contributed by atoms with Crippen LogP contribution in [0.15, 0.2) is 30.3 Å². The lowest BCUT2D eigenvalue weighted by Crippen LogP contribution is -2.07. The molecule has 1 aromatic carbocycles. The zero-order chi connectivity index (χ0) is 21.4. The molecule has 0 spiro atoms. The third-order valence-electron chi connectivity index (χ3n) is 4.97. The van der Waals surface area contributed by atoms with E-state index in [1.165, 1.54) is 19.2 Å². The number of nitrogens with two attached hydrogens (primary N) is 1. The molecule has 1 atom stereocenters. The molecule has 0 radical (unpaired) electrons. The predicted octanol–water partition coefficient (Wildman–Crippen LogP) is 3.17. The lowest BCUT2D eigenvalue weighted by Gasteiger charge is -2.08. The van der Waals surface area contributed by atoms with Crippen molar-refractivity contribution in [3.63, 3.8) is 0 Å². The molecule has 3 N–H and O–H groups in total. The molecule has 0 fully saturated rings. The largest absolute Gasteiger partial charge is 0.465 e. The Morgan fingerprint density at radius 2 is 2.07 bits per heavy atom. The summed E-state index contributed by atoms with van der Waals surface area (Å²) in [4.78, 5) is 24.4. The van der Waals surface area contributed by atoms with Crippen LogP contribution in [-0.4, -0.2) is 46.3 Å². The maximum Gasteiger partial charge on any atom is 0.340 e. The Kier molecular flexibility index (Phi) is 5.23. The van der Waals surface area contributed by atoms with Crippen LogP contribution in [-0.2, 0) is 16.0 Å². The predicted molar refractivity (Wildman–Crippen MR) is 111 cm³/mol. The van der Waals surface area contributed by atoms with E-state index >= 15 is 0 Å². The number of halogens is 1. The van der Waals surface area contributed by atoms with E-state index in [0.29, 0.717) is 41.4 Å². The zero-order valence-electron chi connectivity index (χ0n) is 16.9. The Morgan fingerprint density at radius 1 is 1.27 bits per heavy atom. The fourth-order valence-electron chi connectivity index (χ4n) is 3.42. The monoisotopic (exact) mass is 411 g/mol. The number of aromatic amines is 1.